The molecule has 0 heterocycles. The van der Waals surface area contributed by atoms with Crippen molar-refractivity contribution in [2.75, 3.05) is 5.75 Å². The Morgan fingerprint density at radius 3 is 2.07 bits per heavy atom. The van der Waals surface area contributed by atoms with E-state index >= 15 is 0 Å². The monoisotopic (exact) mass is 340 g/mol. The van der Waals surface area contributed by atoms with E-state index in [2.05, 4.69) is 31.9 Å². The molecule has 0 spiro atoms. The predicted octanol–water partition coefficient (Wildman–Crippen LogP) is 3.40. The highest BCUT2D eigenvalue weighted by molar-refractivity contribution is 9.11. The molecule has 0 atom stereocenters. The van der Waals surface area contributed by atoms with Gasteiger partial charge in [-0.2, -0.15) is 0 Å². The fourth-order valence-electron chi connectivity index (χ4n) is 1.09. The fraction of sp³-hybridized carbons (Fsp3) is 0.333. The van der Waals surface area contributed by atoms with Crippen LogP contribution in [0.5, 0.6) is 0 Å². The maximum absolute atomic E-state index is 11.7. The minimum atomic E-state index is -3.12. The molecule has 0 aromatic heterocycles. The van der Waals surface area contributed by atoms with Crippen LogP contribution >= 0.6 is 31.9 Å². The first-order valence-corrected chi connectivity index (χ1v) is 7.38. The van der Waals surface area contributed by atoms with E-state index in [1.165, 1.54) is 0 Å². The molecular formula is C9H10Br2O2S. The summed E-state index contributed by atoms with van der Waals surface area (Å²) in [6.45, 7) is 1.85. The topological polar surface area (TPSA) is 34.1 Å². The third-order valence-electron chi connectivity index (χ3n) is 1.67. The Labute approximate surface area is 101 Å². The van der Waals surface area contributed by atoms with Crippen LogP contribution in [0.3, 0.4) is 0 Å². The smallest absolute Gasteiger partial charge is 0.178 e. The van der Waals surface area contributed by atoms with E-state index in [1.54, 1.807) is 12.1 Å². The van der Waals surface area contributed by atoms with Crippen LogP contribution in [0.15, 0.2) is 32.0 Å². The number of benzene rings is 1. The molecule has 0 fully saturated rings. The first-order chi connectivity index (χ1) is 6.45. The lowest BCUT2D eigenvalue weighted by atomic mass is 10.4. The van der Waals surface area contributed by atoms with E-state index in [-0.39, 0.29) is 5.75 Å². The minimum absolute atomic E-state index is 0.190. The Morgan fingerprint density at radius 2 is 1.64 bits per heavy atom. The van der Waals surface area contributed by atoms with Crippen LogP contribution in [0.1, 0.15) is 13.3 Å². The quantitative estimate of drug-likeness (QED) is 0.844. The van der Waals surface area contributed by atoms with E-state index in [0.717, 1.165) is 8.95 Å². The summed E-state index contributed by atoms with van der Waals surface area (Å²) in [4.78, 5) is 0.362. The van der Waals surface area contributed by atoms with Crippen LogP contribution in [0.4, 0.5) is 0 Å². The van der Waals surface area contributed by atoms with Crippen LogP contribution in [-0.2, 0) is 9.84 Å². The molecule has 0 unspecified atom stereocenters. The summed E-state index contributed by atoms with van der Waals surface area (Å²) in [5, 5.41) is 0. The van der Waals surface area contributed by atoms with Crippen molar-refractivity contribution in [2.45, 2.75) is 18.2 Å². The predicted molar refractivity (Wildman–Crippen MR) is 64.2 cm³/mol. The van der Waals surface area contributed by atoms with Gasteiger partial charge in [-0.3, -0.25) is 0 Å². The van der Waals surface area contributed by atoms with Crippen LogP contribution < -0.4 is 0 Å². The van der Waals surface area contributed by atoms with Crippen LogP contribution in [0, 0.1) is 0 Å². The van der Waals surface area contributed by atoms with Crippen molar-refractivity contribution >= 4 is 41.7 Å². The number of rotatable bonds is 3. The second kappa shape index (κ2) is 4.77. The lowest BCUT2D eigenvalue weighted by Crippen LogP contribution is -2.05. The van der Waals surface area contributed by atoms with Gasteiger partial charge in [-0.25, -0.2) is 8.42 Å². The average Bonchev–Trinajstić information content (AvgIpc) is 2.02. The molecule has 1 aromatic carbocycles. The molecular weight excluding hydrogens is 332 g/mol. The number of sulfone groups is 1. The van der Waals surface area contributed by atoms with Gasteiger partial charge in [0.05, 0.1) is 10.6 Å². The van der Waals surface area contributed by atoms with Gasteiger partial charge in [0.25, 0.3) is 0 Å². The van der Waals surface area contributed by atoms with Crippen molar-refractivity contribution in [3.8, 4) is 0 Å². The van der Waals surface area contributed by atoms with Gasteiger partial charge >= 0.3 is 0 Å². The molecule has 1 rings (SSSR count). The van der Waals surface area contributed by atoms with E-state index in [9.17, 15) is 8.42 Å². The highest BCUT2D eigenvalue weighted by Crippen LogP contribution is 2.23. The normalized spacial score (nSPS) is 11.6. The second-order valence-electron chi connectivity index (χ2n) is 2.92. The SMILES string of the molecule is CCCS(=O)(=O)c1cc(Br)cc(Br)c1. The molecule has 0 radical (unpaired) electrons. The maximum atomic E-state index is 11.7. The first-order valence-electron chi connectivity index (χ1n) is 4.14. The standard InChI is InChI=1S/C9H10Br2O2S/c1-2-3-14(12,13)9-5-7(10)4-8(11)6-9/h4-6H,2-3H2,1H3. The molecule has 0 aliphatic heterocycles. The van der Waals surface area contributed by atoms with Crippen molar-refractivity contribution in [3.05, 3.63) is 27.1 Å². The van der Waals surface area contributed by atoms with E-state index in [4.69, 9.17) is 0 Å². The van der Waals surface area contributed by atoms with Gasteiger partial charge in [-0.05, 0) is 24.6 Å². The highest BCUT2D eigenvalue weighted by atomic mass is 79.9. The van der Waals surface area contributed by atoms with Gasteiger partial charge in [0.1, 0.15) is 0 Å². The Morgan fingerprint density at radius 1 is 1.14 bits per heavy atom. The Kier molecular flexibility index (Phi) is 4.15. The Hall–Kier alpha value is 0.130. The van der Waals surface area contributed by atoms with Crippen LogP contribution in [0.2, 0.25) is 0 Å². The second-order valence-corrected chi connectivity index (χ2v) is 6.86. The summed E-state index contributed by atoms with van der Waals surface area (Å²) in [7, 11) is -3.12. The molecule has 5 heteroatoms. The lowest BCUT2D eigenvalue weighted by molar-refractivity contribution is 0.594. The van der Waals surface area contributed by atoms with Gasteiger partial charge in [-0.15, -0.1) is 0 Å². The van der Waals surface area contributed by atoms with Gasteiger partial charge in [0.2, 0.25) is 0 Å². The molecule has 0 aliphatic carbocycles. The number of halogens is 2. The molecule has 78 valence electrons. The third-order valence-corrected chi connectivity index (χ3v) is 4.48. The Balaban J connectivity index is 3.19. The summed E-state index contributed by atoms with van der Waals surface area (Å²) < 4.78 is 24.9. The van der Waals surface area contributed by atoms with E-state index in [0.29, 0.717) is 11.3 Å². The minimum Gasteiger partial charge on any atom is -0.224 e. The number of hydrogen-bond acceptors (Lipinski definition) is 2. The molecule has 2 nitrogen and oxygen atoms in total. The van der Waals surface area contributed by atoms with Crippen molar-refractivity contribution < 1.29 is 8.42 Å². The molecule has 0 saturated heterocycles. The zero-order chi connectivity index (χ0) is 10.8. The summed E-state index contributed by atoms with van der Waals surface area (Å²) in [5.41, 5.74) is 0. The van der Waals surface area contributed by atoms with Crippen LogP contribution in [-0.4, -0.2) is 14.2 Å². The zero-order valence-electron chi connectivity index (χ0n) is 7.63. The van der Waals surface area contributed by atoms with Crippen LogP contribution in [0.25, 0.3) is 0 Å². The molecule has 0 aliphatic rings. The largest absolute Gasteiger partial charge is 0.224 e. The average molecular weight is 342 g/mol. The van der Waals surface area contributed by atoms with Gasteiger partial charge < -0.3 is 0 Å². The summed E-state index contributed by atoms with van der Waals surface area (Å²) in [6, 6.07) is 5.05. The van der Waals surface area contributed by atoms with Crippen molar-refractivity contribution in [1.29, 1.82) is 0 Å². The Bertz CT molecular complexity index is 406. The van der Waals surface area contributed by atoms with Gasteiger partial charge in [0.15, 0.2) is 9.84 Å². The molecule has 0 bridgehead atoms. The summed E-state index contributed by atoms with van der Waals surface area (Å²) in [5.74, 6) is 0.190. The zero-order valence-corrected chi connectivity index (χ0v) is 11.6. The molecule has 0 amide bonds. The number of hydrogen-bond donors (Lipinski definition) is 0. The maximum Gasteiger partial charge on any atom is 0.178 e. The fourth-order valence-corrected chi connectivity index (χ4v) is 4.08. The van der Waals surface area contributed by atoms with Crippen molar-refractivity contribution in [1.82, 2.24) is 0 Å². The van der Waals surface area contributed by atoms with Gasteiger partial charge in [0, 0.05) is 8.95 Å². The van der Waals surface area contributed by atoms with E-state index in [1.807, 2.05) is 13.0 Å². The summed E-state index contributed by atoms with van der Waals surface area (Å²) >= 11 is 6.52. The molecule has 0 N–H and O–H groups in total. The molecule has 1 aromatic rings. The first kappa shape index (κ1) is 12.2. The third kappa shape index (κ3) is 3.07. The van der Waals surface area contributed by atoms with Gasteiger partial charge in [-0.1, -0.05) is 38.8 Å². The van der Waals surface area contributed by atoms with Crippen molar-refractivity contribution in [3.63, 3.8) is 0 Å². The van der Waals surface area contributed by atoms with E-state index < -0.39 is 9.84 Å². The molecule has 0 saturated carbocycles. The highest BCUT2D eigenvalue weighted by Gasteiger charge is 2.13. The lowest BCUT2D eigenvalue weighted by Gasteiger charge is -2.04. The summed E-state index contributed by atoms with van der Waals surface area (Å²) in [6.07, 6.45) is 0.631. The molecule has 14 heavy (non-hydrogen) atoms. The van der Waals surface area contributed by atoms with Crippen molar-refractivity contribution in [2.24, 2.45) is 0 Å².